The number of hydrogen-bond donors (Lipinski definition) is 0. The fourth-order valence-corrected chi connectivity index (χ4v) is 4.31. The lowest BCUT2D eigenvalue weighted by molar-refractivity contribution is -0.289. The van der Waals surface area contributed by atoms with Crippen molar-refractivity contribution in [1.82, 2.24) is 5.06 Å². The number of rotatable bonds is 5. The second-order valence-electron chi connectivity index (χ2n) is 8.96. The first-order chi connectivity index (χ1) is 13.5. The van der Waals surface area contributed by atoms with E-state index in [0.717, 1.165) is 10.6 Å². The predicted molar refractivity (Wildman–Crippen MR) is 106 cm³/mol. The summed E-state index contributed by atoms with van der Waals surface area (Å²) >= 11 is 0. The Hall–Kier alpha value is -2.18. The van der Waals surface area contributed by atoms with Crippen LogP contribution in [0.25, 0.3) is 0 Å². The summed E-state index contributed by atoms with van der Waals surface area (Å²) in [6.07, 6.45) is 1.30. The maximum Gasteiger partial charge on any atom is 0.165 e. The van der Waals surface area contributed by atoms with Crippen molar-refractivity contribution in [2.24, 2.45) is 0 Å². The second-order valence-corrected chi connectivity index (χ2v) is 8.96. The van der Waals surface area contributed by atoms with Gasteiger partial charge in [-0.3, -0.25) is 0 Å². The quantitative estimate of drug-likeness (QED) is 0.648. The summed E-state index contributed by atoms with van der Waals surface area (Å²) in [5.41, 5.74) is 0.119. The smallest absolute Gasteiger partial charge is 0.165 e. The molecule has 1 aliphatic rings. The molecule has 1 saturated heterocycles. The molecule has 0 aromatic heterocycles. The molecule has 0 N–H and O–H groups in total. The second kappa shape index (κ2) is 7.92. The molecule has 1 fully saturated rings. The SMILES string of the molecule is COc1ccc(COc2ccc(C3CC(C)(C)N([O])C(C)(C)C3)cc2F)c(F)c1. The Morgan fingerprint density at radius 2 is 1.66 bits per heavy atom. The molecule has 0 atom stereocenters. The molecule has 0 amide bonds. The average Bonchev–Trinajstić information content (AvgIpc) is 2.65. The van der Waals surface area contributed by atoms with Crippen molar-refractivity contribution in [2.75, 3.05) is 7.11 Å². The Morgan fingerprint density at radius 1 is 1.00 bits per heavy atom. The van der Waals surface area contributed by atoms with E-state index >= 15 is 0 Å². The number of methoxy groups -OCH3 is 1. The Morgan fingerprint density at radius 3 is 2.21 bits per heavy atom. The standard InChI is InChI=1S/C23H28F2NO3/c1-22(2)12-17(13-23(3,4)26(22)27)15-7-9-21(20(25)10-15)29-14-16-6-8-18(28-5)11-19(16)24/h6-11,17H,12-14H2,1-5H3. The van der Waals surface area contributed by atoms with Crippen LogP contribution in [0.15, 0.2) is 36.4 Å². The molecule has 0 unspecified atom stereocenters. The molecule has 0 aliphatic carbocycles. The van der Waals surface area contributed by atoms with E-state index in [4.69, 9.17) is 9.47 Å². The van der Waals surface area contributed by atoms with Gasteiger partial charge in [0.05, 0.1) is 7.11 Å². The summed E-state index contributed by atoms with van der Waals surface area (Å²) in [6, 6.07) is 9.34. The van der Waals surface area contributed by atoms with E-state index in [1.807, 2.05) is 33.8 Å². The van der Waals surface area contributed by atoms with Gasteiger partial charge in [0, 0.05) is 22.7 Å². The first-order valence-corrected chi connectivity index (χ1v) is 9.75. The van der Waals surface area contributed by atoms with Crippen LogP contribution in [0, 0.1) is 11.6 Å². The average molecular weight is 404 g/mol. The van der Waals surface area contributed by atoms with Crippen LogP contribution in [0.3, 0.4) is 0 Å². The largest absolute Gasteiger partial charge is 0.497 e. The van der Waals surface area contributed by atoms with Gasteiger partial charge in [-0.1, -0.05) is 6.07 Å². The molecule has 1 aliphatic heterocycles. The Labute approximate surface area is 171 Å². The first-order valence-electron chi connectivity index (χ1n) is 9.75. The third-order valence-electron chi connectivity index (χ3n) is 5.66. The van der Waals surface area contributed by atoms with Crippen molar-refractivity contribution in [3.63, 3.8) is 0 Å². The fourth-order valence-electron chi connectivity index (χ4n) is 4.31. The van der Waals surface area contributed by atoms with E-state index in [9.17, 15) is 14.0 Å². The summed E-state index contributed by atoms with van der Waals surface area (Å²) < 4.78 is 39.2. The Balaban J connectivity index is 1.74. The van der Waals surface area contributed by atoms with Crippen LogP contribution < -0.4 is 9.47 Å². The number of nitrogens with zero attached hydrogens (tertiary/aromatic N) is 1. The number of ether oxygens (including phenoxy) is 2. The van der Waals surface area contributed by atoms with Crippen LogP contribution in [-0.2, 0) is 11.8 Å². The molecule has 0 saturated carbocycles. The summed E-state index contributed by atoms with van der Waals surface area (Å²) in [7, 11) is 1.46. The van der Waals surface area contributed by atoms with Gasteiger partial charge in [-0.2, -0.15) is 0 Å². The minimum atomic E-state index is -0.524. The molecule has 0 bridgehead atoms. The number of hydrogen-bond acceptors (Lipinski definition) is 3. The Bertz CT molecular complexity index is 864. The van der Waals surface area contributed by atoms with Crippen LogP contribution >= 0.6 is 0 Å². The minimum absolute atomic E-state index is 0.0729. The zero-order valence-electron chi connectivity index (χ0n) is 17.6. The van der Waals surface area contributed by atoms with Crippen LogP contribution in [0.1, 0.15) is 57.6 Å². The van der Waals surface area contributed by atoms with E-state index in [0.29, 0.717) is 24.2 Å². The van der Waals surface area contributed by atoms with Gasteiger partial charge >= 0.3 is 0 Å². The van der Waals surface area contributed by atoms with Gasteiger partial charge in [0.15, 0.2) is 11.6 Å². The van der Waals surface area contributed by atoms with E-state index in [1.54, 1.807) is 18.2 Å². The highest BCUT2D eigenvalue weighted by Gasteiger charge is 2.46. The lowest BCUT2D eigenvalue weighted by Crippen LogP contribution is -2.57. The minimum Gasteiger partial charge on any atom is -0.497 e. The molecule has 29 heavy (non-hydrogen) atoms. The third-order valence-corrected chi connectivity index (χ3v) is 5.66. The number of hydroxylamine groups is 2. The van der Waals surface area contributed by atoms with E-state index in [1.165, 1.54) is 19.2 Å². The fraction of sp³-hybridized carbons (Fsp3) is 0.478. The molecule has 157 valence electrons. The van der Waals surface area contributed by atoms with Gasteiger partial charge in [-0.15, -0.1) is 10.3 Å². The molecular formula is C23H28F2NO3. The number of benzene rings is 2. The summed E-state index contributed by atoms with van der Waals surface area (Å²) in [5, 5.41) is 13.7. The van der Waals surface area contributed by atoms with Crippen molar-refractivity contribution in [1.29, 1.82) is 0 Å². The molecule has 1 heterocycles. The molecular weight excluding hydrogens is 376 g/mol. The predicted octanol–water partition coefficient (Wildman–Crippen LogP) is 5.63. The van der Waals surface area contributed by atoms with Gasteiger partial charge in [0.2, 0.25) is 0 Å². The zero-order valence-corrected chi connectivity index (χ0v) is 17.6. The van der Waals surface area contributed by atoms with Crippen LogP contribution in [0.4, 0.5) is 8.78 Å². The van der Waals surface area contributed by atoms with Crippen LogP contribution in [-0.4, -0.2) is 23.3 Å². The summed E-state index contributed by atoms with van der Waals surface area (Å²) in [5.74, 6) is -0.389. The van der Waals surface area contributed by atoms with Gasteiger partial charge in [-0.05, 0) is 76.3 Å². The molecule has 2 aromatic rings. The molecule has 6 heteroatoms. The van der Waals surface area contributed by atoms with Gasteiger partial charge < -0.3 is 9.47 Å². The van der Waals surface area contributed by atoms with E-state index < -0.39 is 22.7 Å². The van der Waals surface area contributed by atoms with Gasteiger partial charge in [0.1, 0.15) is 18.2 Å². The molecule has 1 radical (unpaired) electrons. The monoisotopic (exact) mass is 404 g/mol. The summed E-state index contributed by atoms with van der Waals surface area (Å²) in [6.45, 7) is 7.60. The number of piperidine rings is 1. The lowest BCUT2D eigenvalue weighted by Gasteiger charge is -2.50. The molecule has 4 nitrogen and oxygen atoms in total. The van der Waals surface area contributed by atoms with E-state index in [2.05, 4.69) is 0 Å². The normalized spacial score (nSPS) is 19.2. The molecule has 2 aromatic carbocycles. The maximum atomic E-state index is 14.7. The lowest BCUT2D eigenvalue weighted by atomic mass is 9.73. The number of halogens is 2. The highest BCUT2D eigenvalue weighted by Crippen LogP contribution is 2.45. The van der Waals surface area contributed by atoms with Crippen molar-refractivity contribution < 1.29 is 23.5 Å². The first kappa shape index (κ1) is 21.5. The highest BCUT2D eigenvalue weighted by molar-refractivity contribution is 5.33. The van der Waals surface area contributed by atoms with Gasteiger partial charge in [-0.25, -0.2) is 8.78 Å². The van der Waals surface area contributed by atoms with Crippen molar-refractivity contribution in [3.05, 3.63) is 59.2 Å². The van der Waals surface area contributed by atoms with Gasteiger partial charge in [0.25, 0.3) is 0 Å². The topological polar surface area (TPSA) is 41.6 Å². The van der Waals surface area contributed by atoms with Crippen LogP contribution in [0.5, 0.6) is 11.5 Å². The van der Waals surface area contributed by atoms with Crippen molar-refractivity contribution in [3.8, 4) is 11.5 Å². The van der Waals surface area contributed by atoms with Crippen molar-refractivity contribution >= 4 is 0 Å². The Kier molecular flexibility index (Phi) is 5.88. The summed E-state index contributed by atoms with van der Waals surface area (Å²) in [4.78, 5) is 0. The zero-order chi connectivity index (χ0) is 21.4. The van der Waals surface area contributed by atoms with Crippen molar-refractivity contribution in [2.45, 2.75) is 64.1 Å². The highest BCUT2D eigenvalue weighted by atomic mass is 19.1. The maximum absolute atomic E-state index is 14.7. The van der Waals surface area contributed by atoms with Crippen LogP contribution in [0.2, 0.25) is 0 Å². The molecule has 0 spiro atoms. The third kappa shape index (κ3) is 4.54. The van der Waals surface area contributed by atoms with E-state index in [-0.39, 0.29) is 18.3 Å². The molecule has 3 rings (SSSR count).